The molecule has 5 aromatic rings. The van der Waals surface area contributed by atoms with Crippen molar-refractivity contribution >= 4 is 34.5 Å². The summed E-state index contributed by atoms with van der Waals surface area (Å²) in [6.45, 7) is 20.8. The number of carbonyl (C=O) groups excluding carboxylic acids is 2. The zero-order chi connectivity index (χ0) is 47.0. The van der Waals surface area contributed by atoms with Crippen molar-refractivity contribution in [1.29, 1.82) is 0 Å². The summed E-state index contributed by atoms with van der Waals surface area (Å²) in [6, 6.07) is 23.0. The summed E-state index contributed by atoms with van der Waals surface area (Å²) in [5, 5.41) is 32.2. The van der Waals surface area contributed by atoms with E-state index in [9.17, 15) is 19.8 Å². The lowest BCUT2D eigenvalue weighted by atomic mass is 9.73. The number of piperidine rings is 1. The summed E-state index contributed by atoms with van der Waals surface area (Å²) in [6.07, 6.45) is 0.455. The number of aromatic hydroxyl groups is 1. The molecular weight excluding hydrogens is 865 g/mol. The molecule has 67 heavy (non-hydrogen) atoms. The molecule has 0 bridgehead atoms. The predicted molar refractivity (Wildman–Crippen MR) is 262 cm³/mol. The van der Waals surface area contributed by atoms with Crippen LogP contribution in [0.5, 0.6) is 11.6 Å². The number of carbonyl (C=O) groups is 2. The number of rotatable bonds is 14. The molecule has 4 aliphatic rings. The van der Waals surface area contributed by atoms with Crippen molar-refractivity contribution in [3.63, 3.8) is 0 Å². The second-order valence-electron chi connectivity index (χ2n) is 20.1. The molecule has 9 rings (SSSR count). The van der Waals surface area contributed by atoms with Gasteiger partial charge in [-0.1, -0.05) is 76.2 Å². The number of fused-ring (bicyclic) bond motifs is 3. The lowest BCUT2D eigenvalue weighted by Gasteiger charge is -2.50. The van der Waals surface area contributed by atoms with E-state index >= 15 is 0 Å². The first kappa shape index (κ1) is 46.6. The van der Waals surface area contributed by atoms with Crippen LogP contribution in [0.15, 0.2) is 82.8 Å². The van der Waals surface area contributed by atoms with Gasteiger partial charge in [0, 0.05) is 70.4 Å². The molecule has 0 aliphatic carbocycles. The summed E-state index contributed by atoms with van der Waals surface area (Å²) < 4.78 is 11.9. The van der Waals surface area contributed by atoms with Gasteiger partial charge in [-0.15, -0.1) is 11.3 Å². The summed E-state index contributed by atoms with van der Waals surface area (Å²) in [4.78, 5) is 42.7. The Morgan fingerprint density at radius 3 is 2.54 bits per heavy atom. The Labute approximate surface area is 398 Å². The van der Waals surface area contributed by atoms with Gasteiger partial charge in [0.05, 0.1) is 45.6 Å². The third-order valence-corrected chi connectivity index (χ3v) is 15.6. The quantitative estimate of drug-likeness (QED) is 0.0876. The number of nitrogens with one attached hydrogen (secondary N) is 2. The standard InChI is InChI=1S/C52H66N8O6S/c1-32(2)48(51(64)60-29-40(61)24-44(60)50(63)55-33(3)35-11-13-36(14-12-35)49-34(4)54-31-67-49)46-25-47(56-66-46)65-22-21-57-18-17-38(52(5,6)30-57)27-58-19-20-59-39(28-58)26-53-42-16-15-37(23-43(42)59)41-9-7-8-10-45(41)62/h7-16,23,25,31-33,38-40,44,48,53,61-62H,17-22,24,26-30H2,1-6H3,(H,55,63)/t33-,38?,39-,40+,44-,48+/m0/s1. The number of hydrogen-bond donors (Lipinski definition) is 4. The van der Waals surface area contributed by atoms with Gasteiger partial charge in [0.2, 0.25) is 11.8 Å². The molecule has 4 N–H and O–H groups in total. The monoisotopic (exact) mass is 930 g/mol. The molecule has 14 nitrogen and oxygen atoms in total. The maximum atomic E-state index is 14.3. The first-order valence-electron chi connectivity index (χ1n) is 24.0. The fourth-order valence-electron chi connectivity index (χ4n) is 10.8. The number of aliphatic hydroxyl groups excluding tert-OH is 1. The number of phenols is 1. The van der Waals surface area contributed by atoms with E-state index in [2.05, 4.69) is 67.5 Å². The van der Waals surface area contributed by atoms with E-state index < -0.39 is 18.1 Å². The second-order valence-corrected chi connectivity index (χ2v) is 21.0. The molecule has 4 aliphatic heterocycles. The number of likely N-dealkylation sites (tertiary alicyclic amines) is 2. The number of phenolic OH excluding ortho intramolecular Hbond substituents is 1. The van der Waals surface area contributed by atoms with E-state index in [1.54, 1.807) is 23.5 Å². The number of aliphatic hydroxyl groups is 1. The number of anilines is 2. The molecule has 356 valence electrons. The summed E-state index contributed by atoms with van der Waals surface area (Å²) in [5.74, 6) is 0.130. The Hall–Kier alpha value is -5.48. The van der Waals surface area contributed by atoms with Gasteiger partial charge in [0.1, 0.15) is 24.3 Å². The number of β-amino-alcohol motifs (C(OH)–C–C–N with tert-alkyl or cyclic N) is 1. The zero-order valence-corrected chi connectivity index (χ0v) is 40.5. The van der Waals surface area contributed by atoms with Crippen LogP contribution in [-0.2, 0) is 9.59 Å². The van der Waals surface area contributed by atoms with Crippen LogP contribution in [0.25, 0.3) is 21.6 Å². The first-order chi connectivity index (χ1) is 32.2. The summed E-state index contributed by atoms with van der Waals surface area (Å²) in [5.41, 5.74) is 9.21. The average Bonchev–Trinajstić information content (AvgIpc) is 4.07. The minimum absolute atomic E-state index is 0.0647. The fraction of sp³-hybridized carbons (Fsp3) is 0.500. The van der Waals surface area contributed by atoms with Crippen LogP contribution in [0.4, 0.5) is 11.4 Å². The van der Waals surface area contributed by atoms with Crippen LogP contribution < -0.4 is 20.3 Å². The lowest BCUT2D eigenvalue weighted by molar-refractivity contribution is -0.141. The molecule has 6 heterocycles. The van der Waals surface area contributed by atoms with Crippen molar-refractivity contribution in [2.24, 2.45) is 17.3 Å². The molecular formula is C52H66N8O6S. The highest BCUT2D eigenvalue weighted by atomic mass is 32.1. The highest BCUT2D eigenvalue weighted by Crippen LogP contribution is 2.41. The Balaban J connectivity index is 0.748. The Kier molecular flexibility index (Phi) is 13.7. The summed E-state index contributed by atoms with van der Waals surface area (Å²) >= 11 is 1.60. The number of benzene rings is 3. The number of piperazine rings is 1. The number of thiazole rings is 1. The van der Waals surface area contributed by atoms with Crippen LogP contribution in [0.1, 0.15) is 76.4 Å². The first-order valence-corrected chi connectivity index (χ1v) is 24.9. The van der Waals surface area contributed by atoms with E-state index in [0.717, 1.165) is 97.3 Å². The minimum Gasteiger partial charge on any atom is -0.507 e. The Morgan fingerprint density at radius 2 is 1.79 bits per heavy atom. The minimum atomic E-state index is -0.818. The third kappa shape index (κ3) is 10.1. The number of amides is 2. The van der Waals surface area contributed by atoms with Gasteiger partial charge in [0.25, 0.3) is 5.88 Å². The van der Waals surface area contributed by atoms with Crippen molar-refractivity contribution in [3.05, 3.63) is 95.3 Å². The molecule has 2 aromatic heterocycles. The zero-order valence-electron chi connectivity index (χ0n) is 39.7. The van der Waals surface area contributed by atoms with Gasteiger partial charge >= 0.3 is 0 Å². The number of para-hydroxylation sites is 1. The van der Waals surface area contributed by atoms with Gasteiger partial charge in [-0.3, -0.25) is 19.4 Å². The Morgan fingerprint density at radius 1 is 1.00 bits per heavy atom. The normalized spacial score (nSPS) is 22.7. The van der Waals surface area contributed by atoms with Crippen LogP contribution in [0.2, 0.25) is 0 Å². The van der Waals surface area contributed by atoms with E-state index in [1.807, 2.05) is 75.7 Å². The predicted octanol–water partition coefficient (Wildman–Crippen LogP) is 7.40. The van der Waals surface area contributed by atoms with Gasteiger partial charge in [-0.2, -0.15) is 0 Å². The number of hydrogen-bond acceptors (Lipinski definition) is 13. The smallest absolute Gasteiger partial charge is 0.254 e. The van der Waals surface area contributed by atoms with Crippen molar-refractivity contribution in [2.45, 2.75) is 84.5 Å². The lowest BCUT2D eigenvalue weighted by Crippen LogP contribution is -2.59. The number of aryl methyl sites for hydroxylation is 1. The van der Waals surface area contributed by atoms with Crippen molar-refractivity contribution < 1.29 is 29.1 Å². The fourth-order valence-corrected chi connectivity index (χ4v) is 11.7. The molecule has 3 aromatic carbocycles. The van der Waals surface area contributed by atoms with Gasteiger partial charge in [0.15, 0.2) is 5.76 Å². The van der Waals surface area contributed by atoms with Gasteiger partial charge in [-0.05, 0) is 84.1 Å². The third-order valence-electron chi connectivity index (χ3n) is 14.7. The van der Waals surface area contributed by atoms with E-state index in [0.29, 0.717) is 36.0 Å². The second kappa shape index (κ2) is 19.6. The maximum absolute atomic E-state index is 14.3. The van der Waals surface area contributed by atoms with E-state index in [4.69, 9.17) is 9.26 Å². The van der Waals surface area contributed by atoms with Crippen molar-refractivity contribution in [2.75, 3.05) is 75.7 Å². The highest BCUT2D eigenvalue weighted by molar-refractivity contribution is 7.13. The topological polar surface area (TPSA) is 160 Å². The van der Waals surface area contributed by atoms with Crippen LogP contribution >= 0.6 is 11.3 Å². The average molecular weight is 931 g/mol. The van der Waals surface area contributed by atoms with E-state index in [-0.39, 0.29) is 42.2 Å². The summed E-state index contributed by atoms with van der Waals surface area (Å²) in [7, 11) is 0. The van der Waals surface area contributed by atoms with Crippen LogP contribution in [0, 0.1) is 24.2 Å². The number of ether oxygens (including phenoxy) is 1. The maximum Gasteiger partial charge on any atom is 0.254 e. The largest absolute Gasteiger partial charge is 0.507 e. The molecule has 15 heteroatoms. The molecule has 0 saturated carbocycles. The SMILES string of the molecule is Cc1ncsc1-c1ccc([C@H](C)NC(=O)[C@@H]2C[C@@H](O)CN2C(=O)[C@@H](c2cc(OCCN3CCC(CN4CCN5c6cc(-c7ccccc7O)ccc6NC[C@H]5C4)C(C)(C)C3)no2)C(C)C)cc1. The molecule has 0 radical (unpaired) electrons. The molecule has 3 saturated heterocycles. The molecule has 2 amide bonds. The molecule has 0 spiro atoms. The van der Waals surface area contributed by atoms with Crippen LogP contribution in [0.3, 0.4) is 0 Å². The number of aromatic nitrogens is 2. The van der Waals surface area contributed by atoms with E-state index in [1.165, 1.54) is 10.6 Å². The number of nitrogens with zero attached hydrogens (tertiary/aromatic N) is 6. The molecule has 6 atom stereocenters. The van der Waals surface area contributed by atoms with Crippen molar-refractivity contribution in [1.82, 2.24) is 30.2 Å². The van der Waals surface area contributed by atoms with Crippen molar-refractivity contribution in [3.8, 4) is 33.2 Å². The Bertz CT molecular complexity index is 2520. The van der Waals surface area contributed by atoms with Gasteiger partial charge in [-0.25, -0.2) is 4.98 Å². The van der Waals surface area contributed by atoms with Crippen LogP contribution in [-0.4, -0.2) is 131 Å². The van der Waals surface area contributed by atoms with Gasteiger partial charge < -0.3 is 39.9 Å². The molecule has 1 unspecified atom stereocenters. The molecule has 3 fully saturated rings. The highest BCUT2D eigenvalue weighted by Gasteiger charge is 2.44.